The predicted octanol–water partition coefficient (Wildman–Crippen LogP) is 0.348. The number of oxazole rings is 1. The first kappa shape index (κ1) is 15.9. The molecule has 0 spiro atoms. The van der Waals surface area contributed by atoms with Crippen molar-refractivity contribution in [2.24, 2.45) is 0 Å². The summed E-state index contributed by atoms with van der Waals surface area (Å²) in [5.41, 5.74) is 0.646. The summed E-state index contributed by atoms with van der Waals surface area (Å²) in [7, 11) is 0. The van der Waals surface area contributed by atoms with Gasteiger partial charge >= 0.3 is 0 Å². The predicted molar refractivity (Wildman–Crippen MR) is 74.9 cm³/mol. The molecule has 6 nitrogen and oxygen atoms in total. The van der Waals surface area contributed by atoms with Gasteiger partial charge in [0.05, 0.1) is 5.69 Å². The molecule has 2 N–H and O–H groups in total. The van der Waals surface area contributed by atoms with Crippen molar-refractivity contribution < 1.29 is 9.21 Å². The fourth-order valence-electron chi connectivity index (χ4n) is 2.08. The van der Waals surface area contributed by atoms with Crippen LogP contribution in [0.25, 0.3) is 0 Å². The number of nitrogens with one attached hydrogen (secondary N) is 2. The molecule has 0 aromatic carbocycles. The molecule has 1 aliphatic rings. The lowest BCUT2D eigenvalue weighted by Gasteiger charge is -2.26. The molecule has 0 atom stereocenters. The zero-order valence-electron chi connectivity index (χ0n) is 11.4. The van der Waals surface area contributed by atoms with Gasteiger partial charge in [0, 0.05) is 46.2 Å². The van der Waals surface area contributed by atoms with Gasteiger partial charge in [-0.1, -0.05) is 0 Å². The van der Waals surface area contributed by atoms with Crippen LogP contribution in [-0.2, 0) is 0 Å². The van der Waals surface area contributed by atoms with E-state index in [-0.39, 0.29) is 18.3 Å². The number of amides is 1. The Morgan fingerprint density at radius 1 is 1.42 bits per heavy atom. The summed E-state index contributed by atoms with van der Waals surface area (Å²) in [6.07, 6.45) is 0. The fourth-order valence-corrected chi connectivity index (χ4v) is 2.08. The van der Waals surface area contributed by atoms with Crippen LogP contribution in [0.3, 0.4) is 0 Å². The van der Waals surface area contributed by atoms with Gasteiger partial charge in [-0.2, -0.15) is 0 Å². The molecule has 0 saturated carbocycles. The molecule has 1 saturated heterocycles. The Morgan fingerprint density at radius 3 is 2.68 bits per heavy atom. The van der Waals surface area contributed by atoms with Crippen molar-refractivity contribution in [2.45, 2.75) is 13.8 Å². The molecule has 108 valence electrons. The highest BCUT2D eigenvalue weighted by molar-refractivity contribution is 5.92. The van der Waals surface area contributed by atoms with Crippen molar-refractivity contribution in [2.75, 3.05) is 39.3 Å². The molecular formula is C12H21ClN4O2. The Kier molecular flexibility index (Phi) is 6.27. The maximum absolute atomic E-state index is 11.8. The number of rotatable bonds is 4. The monoisotopic (exact) mass is 288 g/mol. The minimum absolute atomic E-state index is 0. The lowest BCUT2D eigenvalue weighted by atomic mass is 10.3. The molecule has 1 fully saturated rings. The number of aryl methyl sites for hydroxylation is 2. The van der Waals surface area contributed by atoms with Crippen molar-refractivity contribution in [3.63, 3.8) is 0 Å². The van der Waals surface area contributed by atoms with Crippen molar-refractivity contribution in [3.8, 4) is 0 Å². The molecule has 2 rings (SSSR count). The molecule has 0 aliphatic carbocycles. The number of aromatic nitrogens is 1. The third-order valence-electron chi connectivity index (χ3n) is 3.03. The van der Waals surface area contributed by atoms with E-state index in [1.165, 1.54) is 0 Å². The van der Waals surface area contributed by atoms with Crippen LogP contribution >= 0.6 is 12.4 Å². The standard InChI is InChI=1S/C12H20N4O2.ClH/c1-9-11(18-10(2)15-9)12(17)14-5-8-16-6-3-13-4-7-16;/h13H,3-8H2,1-2H3,(H,14,17);1H. The minimum atomic E-state index is -0.178. The molecular weight excluding hydrogens is 268 g/mol. The van der Waals surface area contributed by atoms with Crippen LogP contribution in [0.1, 0.15) is 22.1 Å². The van der Waals surface area contributed by atoms with Gasteiger partial charge in [-0.25, -0.2) is 4.98 Å². The van der Waals surface area contributed by atoms with Crippen LogP contribution < -0.4 is 10.6 Å². The van der Waals surface area contributed by atoms with Crippen molar-refractivity contribution >= 4 is 18.3 Å². The van der Waals surface area contributed by atoms with Gasteiger partial charge in [0.25, 0.3) is 5.91 Å². The SMILES string of the molecule is Cc1nc(C)c(C(=O)NCCN2CCNCC2)o1.Cl. The van der Waals surface area contributed by atoms with E-state index in [4.69, 9.17) is 4.42 Å². The zero-order chi connectivity index (χ0) is 13.0. The van der Waals surface area contributed by atoms with Gasteiger partial charge in [0.1, 0.15) is 0 Å². The third kappa shape index (κ3) is 4.49. The van der Waals surface area contributed by atoms with Crippen LogP contribution in [-0.4, -0.2) is 55.1 Å². The number of carbonyl (C=O) groups is 1. The summed E-state index contributed by atoms with van der Waals surface area (Å²) in [4.78, 5) is 18.3. The van der Waals surface area contributed by atoms with Crippen molar-refractivity contribution in [3.05, 3.63) is 17.3 Å². The highest BCUT2D eigenvalue weighted by atomic mass is 35.5. The second kappa shape index (κ2) is 7.47. The van der Waals surface area contributed by atoms with Crippen LogP contribution in [0, 0.1) is 13.8 Å². The molecule has 0 radical (unpaired) electrons. The quantitative estimate of drug-likeness (QED) is 0.836. The van der Waals surface area contributed by atoms with E-state index >= 15 is 0 Å². The van der Waals surface area contributed by atoms with E-state index in [0.717, 1.165) is 32.7 Å². The first-order valence-electron chi connectivity index (χ1n) is 6.32. The molecule has 0 unspecified atom stereocenters. The van der Waals surface area contributed by atoms with Gasteiger partial charge in [0.15, 0.2) is 5.89 Å². The molecule has 1 amide bonds. The first-order valence-corrected chi connectivity index (χ1v) is 6.32. The van der Waals surface area contributed by atoms with Gasteiger partial charge in [-0.05, 0) is 6.92 Å². The summed E-state index contributed by atoms with van der Waals surface area (Å²) in [5, 5.41) is 6.16. The van der Waals surface area contributed by atoms with E-state index in [0.29, 0.717) is 23.9 Å². The second-order valence-electron chi connectivity index (χ2n) is 4.49. The topological polar surface area (TPSA) is 70.4 Å². The Hall–Kier alpha value is -1.11. The van der Waals surface area contributed by atoms with Crippen LogP contribution in [0.5, 0.6) is 0 Å². The maximum Gasteiger partial charge on any atom is 0.289 e. The van der Waals surface area contributed by atoms with Gasteiger partial charge in [-0.3, -0.25) is 9.69 Å². The Morgan fingerprint density at radius 2 is 2.11 bits per heavy atom. The largest absolute Gasteiger partial charge is 0.436 e. The highest BCUT2D eigenvalue weighted by Gasteiger charge is 2.16. The average molecular weight is 289 g/mol. The van der Waals surface area contributed by atoms with Crippen LogP contribution in [0.2, 0.25) is 0 Å². The average Bonchev–Trinajstić information content (AvgIpc) is 2.70. The summed E-state index contributed by atoms with van der Waals surface area (Å²) in [6.45, 7) is 9.15. The van der Waals surface area contributed by atoms with E-state index in [1.807, 2.05) is 0 Å². The molecule has 1 aromatic heterocycles. The van der Waals surface area contributed by atoms with E-state index in [9.17, 15) is 4.79 Å². The van der Waals surface area contributed by atoms with Crippen LogP contribution in [0.4, 0.5) is 0 Å². The lowest BCUT2D eigenvalue weighted by Crippen LogP contribution is -2.46. The number of piperazine rings is 1. The number of nitrogens with zero attached hydrogens (tertiary/aromatic N) is 2. The fraction of sp³-hybridized carbons (Fsp3) is 0.667. The van der Waals surface area contributed by atoms with Crippen molar-refractivity contribution in [1.82, 2.24) is 20.5 Å². The van der Waals surface area contributed by atoms with Crippen molar-refractivity contribution in [1.29, 1.82) is 0 Å². The maximum atomic E-state index is 11.8. The van der Waals surface area contributed by atoms with Gasteiger partial charge in [0.2, 0.25) is 5.76 Å². The van der Waals surface area contributed by atoms with E-state index in [2.05, 4.69) is 20.5 Å². The lowest BCUT2D eigenvalue weighted by molar-refractivity contribution is 0.0917. The normalized spacial score (nSPS) is 15.9. The Bertz CT molecular complexity index is 416. The number of carbonyl (C=O) groups excluding carboxylic acids is 1. The smallest absolute Gasteiger partial charge is 0.289 e. The summed E-state index contributed by atoms with van der Waals surface area (Å²) < 4.78 is 5.27. The van der Waals surface area contributed by atoms with Gasteiger partial charge < -0.3 is 15.1 Å². The third-order valence-corrected chi connectivity index (χ3v) is 3.03. The Labute approximate surface area is 119 Å². The summed E-state index contributed by atoms with van der Waals surface area (Å²) in [5.74, 6) is 0.677. The number of halogens is 1. The second-order valence-corrected chi connectivity index (χ2v) is 4.49. The molecule has 19 heavy (non-hydrogen) atoms. The highest BCUT2D eigenvalue weighted by Crippen LogP contribution is 2.08. The molecule has 1 aromatic rings. The number of hydrogen-bond donors (Lipinski definition) is 2. The molecule has 1 aliphatic heterocycles. The van der Waals surface area contributed by atoms with E-state index in [1.54, 1.807) is 13.8 Å². The zero-order valence-corrected chi connectivity index (χ0v) is 12.2. The molecule has 0 bridgehead atoms. The molecule has 2 heterocycles. The minimum Gasteiger partial charge on any atom is -0.436 e. The summed E-state index contributed by atoms with van der Waals surface area (Å²) >= 11 is 0. The Balaban J connectivity index is 0.00000180. The molecule has 7 heteroatoms. The number of hydrogen-bond acceptors (Lipinski definition) is 5. The summed E-state index contributed by atoms with van der Waals surface area (Å²) in [6, 6.07) is 0. The van der Waals surface area contributed by atoms with Crippen LogP contribution in [0.15, 0.2) is 4.42 Å². The first-order chi connectivity index (χ1) is 8.66. The van der Waals surface area contributed by atoms with E-state index < -0.39 is 0 Å². The van der Waals surface area contributed by atoms with Gasteiger partial charge in [-0.15, -0.1) is 12.4 Å².